The molecule has 416 valence electrons. The summed E-state index contributed by atoms with van der Waals surface area (Å²) in [6, 6.07) is -13.4. The van der Waals surface area contributed by atoms with Crippen molar-refractivity contribution in [3.63, 3.8) is 0 Å². The second-order valence-corrected chi connectivity index (χ2v) is 17.9. The first kappa shape index (κ1) is 64.7. The van der Waals surface area contributed by atoms with Crippen molar-refractivity contribution in [2.75, 3.05) is 19.7 Å². The summed E-state index contributed by atoms with van der Waals surface area (Å²) in [5.41, 5.74) is 28.0. The molecule has 0 fully saturated rings. The number of amides is 10. The number of nitrogens with zero attached hydrogens (tertiary/aromatic N) is 1. The van der Waals surface area contributed by atoms with E-state index >= 15 is 0 Å². The minimum Gasteiger partial charge on any atom is -0.481 e. The van der Waals surface area contributed by atoms with Crippen LogP contribution in [0.1, 0.15) is 104 Å². The Kier molecular flexibility index (Phi) is 29.9. The molecule has 0 spiro atoms. The highest BCUT2D eigenvalue weighted by Crippen LogP contribution is 2.12. The first-order valence-electron chi connectivity index (χ1n) is 24.0. The van der Waals surface area contributed by atoms with Crippen LogP contribution in [0.3, 0.4) is 0 Å². The molecule has 22 N–H and O–H groups in total. The maximum absolute atomic E-state index is 14.2. The summed E-state index contributed by atoms with van der Waals surface area (Å²) in [6.07, 6.45) is 1.26. The number of aromatic amines is 1. The van der Waals surface area contributed by atoms with Crippen LogP contribution in [0.5, 0.6) is 0 Å². The molecule has 0 saturated carbocycles. The summed E-state index contributed by atoms with van der Waals surface area (Å²) in [7, 11) is 0. The van der Waals surface area contributed by atoms with Crippen molar-refractivity contribution in [2.45, 2.75) is 159 Å². The fourth-order valence-corrected chi connectivity index (χ4v) is 6.93. The van der Waals surface area contributed by atoms with Gasteiger partial charge in [0, 0.05) is 31.2 Å². The van der Waals surface area contributed by atoms with E-state index in [1.54, 1.807) is 13.8 Å². The number of rotatable bonds is 38. The number of carbonyl (C=O) groups is 12. The van der Waals surface area contributed by atoms with Crippen LogP contribution in [0.2, 0.25) is 0 Å². The Hall–Kier alpha value is -7.31. The van der Waals surface area contributed by atoms with E-state index in [4.69, 9.17) is 28.7 Å². The Morgan fingerprint density at radius 1 is 0.554 bits per heavy atom. The average molecular weight is 1050 g/mol. The first-order chi connectivity index (χ1) is 34.8. The molecule has 1 rings (SSSR count). The maximum atomic E-state index is 14.2. The quantitative estimate of drug-likeness (QED) is 0.0274. The molecular formula is C44H75N15O15. The van der Waals surface area contributed by atoms with Gasteiger partial charge in [0.25, 0.3) is 0 Å². The largest absolute Gasteiger partial charge is 0.481 e. The van der Waals surface area contributed by atoms with Gasteiger partial charge in [-0.15, -0.1) is 0 Å². The number of nitrogens with one attached hydrogen (secondary N) is 9. The zero-order valence-corrected chi connectivity index (χ0v) is 41.8. The Morgan fingerprint density at radius 3 is 1.46 bits per heavy atom. The first-order valence-corrected chi connectivity index (χ1v) is 24.0. The zero-order chi connectivity index (χ0) is 56.1. The third-order valence-electron chi connectivity index (χ3n) is 11.0. The third-order valence-corrected chi connectivity index (χ3v) is 11.0. The number of carboxylic acids is 2. The van der Waals surface area contributed by atoms with Crippen molar-refractivity contribution in [2.24, 2.45) is 34.6 Å². The van der Waals surface area contributed by atoms with Gasteiger partial charge in [-0.3, -0.25) is 52.7 Å². The summed E-state index contributed by atoms with van der Waals surface area (Å²) < 4.78 is 0. The molecule has 1 aromatic rings. The molecule has 0 aromatic carbocycles. The zero-order valence-electron chi connectivity index (χ0n) is 41.8. The van der Waals surface area contributed by atoms with Crippen molar-refractivity contribution in [3.8, 4) is 0 Å². The van der Waals surface area contributed by atoms with E-state index in [-0.39, 0.29) is 70.4 Å². The molecule has 30 heteroatoms. The van der Waals surface area contributed by atoms with Crippen LogP contribution in [0.4, 0.5) is 0 Å². The molecule has 74 heavy (non-hydrogen) atoms. The van der Waals surface area contributed by atoms with Gasteiger partial charge in [0.2, 0.25) is 59.1 Å². The highest BCUT2D eigenvalue weighted by molar-refractivity contribution is 5.99. The molecule has 0 aliphatic rings. The molecule has 10 amide bonds. The van der Waals surface area contributed by atoms with Crippen molar-refractivity contribution in [1.29, 1.82) is 0 Å². The van der Waals surface area contributed by atoms with E-state index in [9.17, 15) is 72.9 Å². The van der Waals surface area contributed by atoms with Crippen LogP contribution in [0, 0.1) is 5.92 Å². The number of aliphatic carboxylic acids is 2. The highest BCUT2D eigenvalue weighted by Gasteiger charge is 2.35. The average Bonchev–Trinajstić information content (AvgIpc) is 3.84. The second-order valence-electron chi connectivity index (χ2n) is 17.9. The number of H-pyrrole nitrogens is 1. The van der Waals surface area contributed by atoms with Gasteiger partial charge >= 0.3 is 11.9 Å². The van der Waals surface area contributed by atoms with Gasteiger partial charge in [0.15, 0.2) is 0 Å². The number of imidazole rings is 1. The number of nitrogens with two attached hydrogens (primary N) is 5. The predicted molar refractivity (Wildman–Crippen MR) is 260 cm³/mol. The third kappa shape index (κ3) is 25.4. The van der Waals surface area contributed by atoms with Gasteiger partial charge in [0.05, 0.1) is 25.4 Å². The minimum absolute atomic E-state index is 0.0337. The highest BCUT2D eigenvalue weighted by atomic mass is 16.4. The summed E-state index contributed by atoms with van der Waals surface area (Å²) in [5, 5.41) is 47.4. The Balaban J connectivity index is 3.50. The number of primary amides is 2. The molecular weight excluding hydrogens is 979 g/mol. The van der Waals surface area contributed by atoms with Crippen LogP contribution in [-0.4, -0.2) is 170 Å². The topological polar surface area (TPSA) is 521 Å². The monoisotopic (exact) mass is 1050 g/mol. The predicted octanol–water partition coefficient (Wildman–Crippen LogP) is -6.44. The molecule has 0 bridgehead atoms. The van der Waals surface area contributed by atoms with Gasteiger partial charge in [-0.05, 0) is 83.7 Å². The van der Waals surface area contributed by atoms with Crippen molar-refractivity contribution >= 4 is 71.0 Å². The standard InChI is InChI=1S/C44H75N15O15/c1-22(2)16-29(57-43(72)31(18-34(49)62)56-36(65)23(3)52-37(66)25(47)10-12-33(48)61)41(70)54-26(8-4-6-14-45)38(67)53-27(9-5-7-15-46)39(68)58-30(17-24-19-50-21-51-24)42(71)55-28(11-13-35(63)64)40(69)59-32(20-60)44(73)74/h19,21-23,25-32,60H,4-18,20,45-47H2,1-3H3,(H2,48,61)(H2,49,62)(H,50,51)(H,52,66)(H,53,67)(H,54,70)(H,55,71)(H,56,65)(H,57,72)(H,58,68)(H,59,69)(H,63,64)(H,73,74)/t23-,25-,26-,27-,28-,29-,30-,31-,32-/m0/s1. The summed E-state index contributed by atoms with van der Waals surface area (Å²) in [4.78, 5) is 162. The number of aromatic nitrogens is 2. The molecule has 0 aliphatic carbocycles. The van der Waals surface area contributed by atoms with Gasteiger partial charge in [-0.1, -0.05) is 13.8 Å². The van der Waals surface area contributed by atoms with Gasteiger partial charge in [-0.25, -0.2) is 9.78 Å². The molecule has 1 heterocycles. The number of aliphatic hydroxyl groups is 1. The van der Waals surface area contributed by atoms with Crippen LogP contribution in [-0.2, 0) is 64.0 Å². The lowest BCUT2D eigenvalue weighted by molar-refractivity contribution is -0.144. The lowest BCUT2D eigenvalue weighted by Crippen LogP contribution is -2.60. The van der Waals surface area contributed by atoms with E-state index in [0.29, 0.717) is 18.5 Å². The van der Waals surface area contributed by atoms with Crippen LogP contribution in [0.25, 0.3) is 0 Å². The van der Waals surface area contributed by atoms with Gasteiger partial charge < -0.3 is 91.5 Å². The van der Waals surface area contributed by atoms with Crippen LogP contribution < -0.4 is 71.2 Å². The normalized spacial score (nSPS) is 14.7. The van der Waals surface area contributed by atoms with Gasteiger partial charge in [0.1, 0.15) is 48.3 Å². The molecule has 9 atom stereocenters. The number of hydrogen-bond acceptors (Lipinski definition) is 17. The number of aliphatic hydroxyl groups excluding tert-OH is 1. The van der Waals surface area contributed by atoms with Crippen molar-refractivity contribution in [3.05, 3.63) is 18.2 Å². The van der Waals surface area contributed by atoms with E-state index in [0.717, 1.165) is 0 Å². The van der Waals surface area contributed by atoms with E-state index in [1.807, 2.05) is 5.32 Å². The van der Waals surface area contributed by atoms with Crippen LogP contribution in [0.15, 0.2) is 12.5 Å². The Morgan fingerprint density at radius 2 is 1.01 bits per heavy atom. The minimum atomic E-state index is -1.80. The molecule has 1 aromatic heterocycles. The summed E-state index contributed by atoms with van der Waals surface area (Å²) >= 11 is 0. The lowest BCUT2D eigenvalue weighted by Gasteiger charge is -2.28. The molecule has 0 unspecified atom stereocenters. The van der Waals surface area contributed by atoms with E-state index < -0.39 is 151 Å². The smallest absolute Gasteiger partial charge is 0.328 e. The van der Waals surface area contributed by atoms with Crippen molar-refractivity contribution in [1.82, 2.24) is 52.5 Å². The Bertz CT molecular complexity index is 2060. The number of carbonyl (C=O) groups excluding carboxylic acids is 10. The van der Waals surface area contributed by atoms with Crippen LogP contribution >= 0.6 is 0 Å². The fraction of sp³-hybridized carbons (Fsp3) is 0.659. The van der Waals surface area contributed by atoms with Crippen molar-refractivity contribution < 1.29 is 72.9 Å². The molecule has 0 aliphatic heterocycles. The molecule has 0 radical (unpaired) electrons. The summed E-state index contributed by atoms with van der Waals surface area (Å²) in [6.45, 7) is 4.07. The SMILES string of the molecule is CC(C)C[C@H](NC(=O)[C@H](CC(N)=O)NC(=O)[C@H](C)NC(=O)[C@@H](N)CCC(N)=O)C(=O)N[C@@H](CCCCN)C(=O)N[C@@H](CCCCN)C(=O)N[C@@H](Cc1cnc[nH]1)C(=O)N[C@@H](CCC(=O)O)C(=O)N[C@@H](CO)C(=O)O. The van der Waals surface area contributed by atoms with E-state index in [2.05, 4.69) is 47.2 Å². The lowest BCUT2D eigenvalue weighted by atomic mass is 10.0. The second kappa shape index (κ2) is 34.2. The van der Waals surface area contributed by atoms with E-state index in [1.165, 1.54) is 19.4 Å². The fourth-order valence-electron chi connectivity index (χ4n) is 6.93. The number of hydrogen-bond donors (Lipinski definition) is 17. The Labute approximate surface area is 426 Å². The van der Waals surface area contributed by atoms with Gasteiger partial charge in [-0.2, -0.15) is 0 Å². The molecule has 0 saturated heterocycles. The number of carboxylic acid groups (broad SMARTS) is 2. The maximum Gasteiger partial charge on any atom is 0.328 e. The summed E-state index contributed by atoms with van der Waals surface area (Å²) in [5.74, 6) is -12.6. The number of unbranched alkanes of at least 4 members (excludes halogenated alkanes) is 2. The molecule has 30 nitrogen and oxygen atoms in total.